The SMILES string of the molecule is COc1ccccc1Nc1nc(N)nc(CSc2ccccc2Br)n1. The van der Waals surface area contributed by atoms with Gasteiger partial charge in [0.2, 0.25) is 11.9 Å². The summed E-state index contributed by atoms with van der Waals surface area (Å²) in [7, 11) is 1.61. The van der Waals surface area contributed by atoms with Crippen molar-refractivity contribution in [3.05, 3.63) is 58.8 Å². The molecule has 0 saturated heterocycles. The Hall–Kier alpha value is -2.32. The van der Waals surface area contributed by atoms with E-state index in [1.165, 1.54) is 0 Å². The number of methoxy groups -OCH3 is 1. The van der Waals surface area contributed by atoms with Crippen molar-refractivity contribution in [1.29, 1.82) is 0 Å². The lowest BCUT2D eigenvalue weighted by Crippen LogP contribution is -2.07. The van der Waals surface area contributed by atoms with Crippen LogP contribution in [0.3, 0.4) is 0 Å². The Balaban J connectivity index is 1.77. The minimum atomic E-state index is 0.176. The van der Waals surface area contributed by atoms with Gasteiger partial charge in [0.25, 0.3) is 0 Å². The van der Waals surface area contributed by atoms with Crippen molar-refractivity contribution in [2.75, 3.05) is 18.2 Å². The molecule has 2 aromatic carbocycles. The molecule has 0 fully saturated rings. The normalized spacial score (nSPS) is 10.5. The molecule has 0 radical (unpaired) electrons. The zero-order chi connectivity index (χ0) is 17.6. The van der Waals surface area contributed by atoms with Crippen LogP contribution in [0, 0.1) is 0 Å². The monoisotopic (exact) mass is 417 g/mol. The van der Waals surface area contributed by atoms with E-state index in [0.29, 0.717) is 23.3 Å². The van der Waals surface area contributed by atoms with Crippen LogP contribution in [-0.4, -0.2) is 22.1 Å². The zero-order valence-corrected chi connectivity index (χ0v) is 15.8. The number of para-hydroxylation sites is 2. The number of nitrogen functional groups attached to an aromatic ring is 1. The second-order valence-electron chi connectivity index (χ2n) is 4.98. The quantitative estimate of drug-likeness (QED) is 0.579. The van der Waals surface area contributed by atoms with Gasteiger partial charge in [-0.3, -0.25) is 0 Å². The van der Waals surface area contributed by atoms with E-state index in [1.54, 1.807) is 18.9 Å². The van der Waals surface area contributed by atoms with E-state index in [2.05, 4.69) is 36.2 Å². The minimum Gasteiger partial charge on any atom is -0.495 e. The molecule has 0 aliphatic heterocycles. The lowest BCUT2D eigenvalue weighted by atomic mass is 10.3. The fourth-order valence-electron chi connectivity index (χ4n) is 2.13. The summed E-state index contributed by atoms with van der Waals surface area (Å²) in [5.41, 5.74) is 6.59. The average Bonchev–Trinajstić information content (AvgIpc) is 2.61. The maximum Gasteiger partial charge on any atom is 0.232 e. The smallest absolute Gasteiger partial charge is 0.232 e. The first-order valence-electron chi connectivity index (χ1n) is 7.43. The Labute approximate surface area is 158 Å². The zero-order valence-electron chi connectivity index (χ0n) is 13.4. The number of aromatic nitrogens is 3. The Morgan fingerprint density at radius 1 is 1.08 bits per heavy atom. The molecule has 1 heterocycles. The van der Waals surface area contributed by atoms with Gasteiger partial charge in [-0.25, -0.2) is 0 Å². The summed E-state index contributed by atoms with van der Waals surface area (Å²) in [4.78, 5) is 13.9. The van der Waals surface area contributed by atoms with E-state index in [-0.39, 0.29) is 5.95 Å². The minimum absolute atomic E-state index is 0.176. The van der Waals surface area contributed by atoms with Gasteiger partial charge in [-0.2, -0.15) is 15.0 Å². The van der Waals surface area contributed by atoms with Gasteiger partial charge in [0.15, 0.2) is 0 Å². The van der Waals surface area contributed by atoms with Crippen molar-refractivity contribution in [2.45, 2.75) is 10.6 Å². The predicted molar refractivity (Wildman–Crippen MR) is 104 cm³/mol. The summed E-state index contributed by atoms with van der Waals surface area (Å²) in [6.07, 6.45) is 0. The molecular weight excluding hydrogens is 402 g/mol. The van der Waals surface area contributed by atoms with Crippen molar-refractivity contribution in [1.82, 2.24) is 15.0 Å². The first kappa shape index (κ1) is 17.5. The number of ether oxygens (including phenoxy) is 1. The third-order valence-electron chi connectivity index (χ3n) is 3.25. The molecule has 0 aliphatic carbocycles. The van der Waals surface area contributed by atoms with Crippen molar-refractivity contribution in [3.8, 4) is 5.75 Å². The number of benzene rings is 2. The standard InChI is InChI=1S/C17H16BrN5OS/c1-24-13-8-4-3-7-12(13)20-17-22-15(21-16(19)23-17)10-25-14-9-5-2-6-11(14)18/h2-9H,10H2,1H3,(H3,19,20,21,22,23). The molecule has 3 rings (SSSR count). The summed E-state index contributed by atoms with van der Waals surface area (Å²) in [6, 6.07) is 15.5. The fraction of sp³-hybridized carbons (Fsp3) is 0.118. The van der Waals surface area contributed by atoms with Gasteiger partial charge in [-0.1, -0.05) is 24.3 Å². The number of hydrogen-bond donors (Lipinski definition) is 2. The van der Waals surface area contributed by atoms with Gasteiger partial charge in [0.1, 0.15) is 11.6 Å². The molecule has 1 aromatic heterocycles. The van der Waals surface area contributed by atoms with E-state index in [1.807, 2.05) is 48.5 Å². The van der Waals surface area contributed by atoms with Crippen LogP contribution in [0.5, 0.6) is 5.75 Å². The third-order valence-corrected chi connectivity index (χ3v) is 5.27. The van der Waals surface area contributed by atoms with Gasteiger partial charge in [-0.05, 0) is 40.2 Å². The molecule has 3 aromatic rings. The van der Waals surface area contributed by atoms with E-state index in [0.717, 1.165) is 15.1 Å². The Morgan fingerprint density at radius 2 is 1.84 bits per heavy atom. The molecule has 0 atom stereocenters. The van der Waals surface area contributed by atoms with E-state index >= 15 is 0 Å². The largest absolute Gasteiger partial charge is 0.495 e. The molecule has 6 nitrogen and oxygen atoms in total. The van der Waals surface area contributed by atoms with Crippen LogP contribution < -0.4 is 15.8 Å². The molecule has 0 amide bonds. The van der Waals surface area contributed by atoms with Crippen LogP contribution in [0.4, 0.5) is 17.6 Å². The Morgan fingerprint density at radius 3 is 2.64 bits per heavy atom. The Kier molecular flexibility index (Phi) is 5.72. The number of nitrogens with zero attached hydrogens (tertiary/aromatic N) is 3. The molecule has 25 heavy (non-hydrogen) atoms. The number of rotatable bonds is 6. The van der Waals surface area contributed by atoms with Crippen molar-refractivity contribution < 1.29 is 4.74 Å². The van der Waals surface area contributed by atoms with E-state index < -0.39 is 0 Å². The van der Waals surface area contributed by atoms with Crippen molar-refractivity contribution in [3.63, 3.8) is 0 Å². The summed E-state index contributed by atoms with van der Waals surface area (Å²) in [5, 5.41) is 3.13. The van der Waals surface area contributed by atoms with Gasteiger partial charge < -0.3 is 15.8 Å². The van der Waals surface area contributed by atoms with Gasteiger partial charge >= 0.3 is 0 Å². The van der Waals surface area contributed by atoms with Gasteiger partial charge in [0.05, 0.1) is 18.6 Å². The van der Waals surface area contributed by atoms with Crippen LogP contribution in [0.15, 0.2) is 57.9 Å². The molecule has 0 unspecified atom stereocenters. The highest BCUT2D eigenvalue weighted by Gasteiger charge is 2.09. The molecule has 0 bridgehead atoms. The number of nitrogens with two attached hydrogens (primary N) is 1. The number of hydrogen-bond acceptors (Lipinski definition) is 7. The lowest BCUT2D eigenvalue weighted by molar-refractivity contribution is 0.417. The Bertz CT molecular complexity index is 877. The highest BCUT2D eigenvalue weighted by atomic mass is 79.9. The highest BCUT2D eigenvalue weighted by Crippen LogP contribution is 2.30. The topological polar surface area (TPSA) is 86.0 Å². The number of thioether (sulfide) groups is 1. The maximum absolute atomic E-state index is 5.83. The number of anilines is 3. The first-order chi connectivity index (χ1) is 12.2. The molecule has 0 aliphatic rings. The predicted octanol–water partition coefficient (Wildman–Crippen LogP) is 4.26. The van der Waals surface area contributed by atoms with Crippen LogP contribution in [0.2, 0.25) is 0 Å². The first-order valence-corrected chi connectivity index (χ1v) is 9.21. The average molecular weight is 418 g/mol. The van der Waals surface area contributed by atoms with Crippen LogP contribution in [0.1, 0.15) is 5.82 Å². The summed E-state index contributed by atoms with van der Waals surface area (Å²) in [6.45, 7) is 0. The van der Waals surface area contributed by atoms with Crippen LogP contribution in [-0.2, 0) is 5.75 Å². The lowest BCUT2D eigenvalue weighted by Gasteiger charge is -2.10. The summed E-state index contributed by atoms with van der Waals surface area (Å²) >= 11 is 5.16. The van der Waals surface area contributed by atoms with E-state index in [4.69, 9.17) is 10.5 Å². The molecule has 0 saturated carbocycles. The molecule has 8 heteroatoms. The van der Waals surface area contributed by atoms with Crippen molar-refractivity contribution in [2.24, 2.45) is 0 Å². The molecule has 0 spiro atoms. The second-order valence-corrected chi connectivity index (χ2v) is 6.85. The summed E-state index contributed by atoms with van der Waals surface area (Å²) in [5.74, 6) is 2.45. The fourth-order valence-corrected chi connectivity index (χ4v) is 3.55. The van der Waals surface area contributed by atoms with Gasteiger partial charge in [0, 0.05) is 9.37 Å². The van der Waals surface area contributed by atoms with Gasteiger partial charge in [-0.15, -0.1) is 11.8 Å². The second kappa shape index (κ2) is 8.17. The molecular formula is C17H16BrN5OS. The third kappa shape index (κ3) is 4.61. The number of halogens is 1. The number of nitrogens with one attached hydrogen (secondary N) is 1. The van der Waals surface area contributed by atoms with E-state index in [9.17, 15) is 0 Å². The molecule has 3 N–H and O–H groups in total. The van der Waals surface area contributed by atoms with Crippen LogP contribution in [0.25, 0.3) is 0 Å². The molecule has 128 valence electrons. The maximum atomic E-state index is 5.83. The van der Waals surface area contributed by atoms with Crippen molar-refractivity contribution >= 4 is 45.3 Å². The van der Waals surface area contributed by atoms with Crippen LogP contribution >= 0.6 is 27.7 Å². The highest BCUT2D eigenvalue weighted by molar-refractivity contribution is 9.10. The summed E-state index contributed by atoms with van der Waals surface area (Å²) < 4.78 is 6.36.